The number of aryl methyl sites for hydroxylation is 1. The van der Waals surface area contributed by atoms with Crippen molar-refractivity contribution in [2.75, 3.05) is 24.3 Å². The zero-order chi connectivity index (χ0) is 14.3. The molecule has 6 heteroatoms. The molecule has 1 aromatic carbocycles. The molecule has 3 rings (SSSR count). The average Bonchev–Trinajstić information content (AvgIpc) is 2.72. The Morgan fingerprint density at radius 2 is 2.30 bits per heavy atom. The summed E-state index contributed by atoms with van der Waals surface area (Å²) in [7, 11) is 1.76. The third-order valence-electron chi connectivity index (χ3n) is 3.38. The highest BCUT2D eigenvalue weighted by Crippen LogP contribution is 2.33. The molecule has 1 aliphatic rings. The molecule has 0 atom stereocenters. The van der Waals surface area contributed by atoms with Gasteiger partial charge in [0.05, 0.1) is 11.4 Å². The minimum atomic E-state index is -0.0312. The minimum absolute atomic E-state index is 0.0312. The topological polar surface area (TPSA) is 68.5 Å². The monoisotopic (exact) mass is 289 g/mol. The van der Waals surface area contributed by atoms with Crippen LogP contribution in [0.25, 0.3) is 0 Å². The number of likely N-dealkylation sites (N-methyl/N-ethyl adjacent to an activating group) is 1. The first-order chi connectivity index (χ1) is 9.54. The van der Waals surface area contributed by atoms with Gasteiger partial charge in [-0.25, -0.2) is 4.98 Å². The van der Waals surface area contributed by atoms with Crippen LogP contribution in [0.2, 0.25) is 0 Å². The lowest BCUT2D eigenvalue weighted by atomic mass is 10.1. The van der Waals surface area contributed by atoms with E-state index in [9.17, 15) is 4.79 Å². The Hall–Kier alpha value is -2.08. The Morgan fingerprint density at radius 3 is 3.00 bits per heavy atom. The van der Waals surface area contributed by atoms with E-state index in [2.05, 4.69) is 4.98 Å². The van der Waals surface area contributed by atoms with Crippen molar-refractivity contribution in [3.63, 3.8) is 0 Å². The van der Waals surface area contributed by atoms with Gasteiger partial charge in [0, 0.05) is 18.3 Å². The quantitative estimate of drug-likeness (QED) is 0.918. The number of hydrogen-bond acceptors (Lipinski definition) is 5. The molecule has 5 nitrogen and oxygen atoms in total. The molecule has 2 aromatic rings. The van der Waals surface area contributed by atoms with Crippen LogP contribution in [0.1, 0.15) is 16.1 Å². The second-order valence-electron chi connectivity index (χ2n) is 4.78. The van der Waals surface area contributed by atoms with Crippen molar-refractivity contribution in [1.29, 1.82) is 0 Å². The van der Waals surface area contributed by atoms with E-state index in [1.54, 1.807) is 11.9 Å². The van der Waals surface area contributed by atoms with E-state index in [-0.39, 0.29) is 12.5 Å². The number of nitrogens with two attached hydrogens (primary N) is 1. The largest absolute Gasteiger partial charge is 0.482 e. The van der Waals surface area contributed by atoms with Crippen LogP contribution in [0.15, 0.2) is 18.2 Å². The highest BCUT2D eigenvalue weighted by Gasteiger charge is 2.22. The first-order valence-corrected chi connectivity index (χ1v) is 7.10. The Labute approximate surface area is 121 Å². The molecular formula is C14H15N3O2S. The van der Waals surface area contributed by atoms with Gasteiger partial charge >= 0.3 is 0 Å². The number of hydrogen-bond donors (Lipinski definition) is 1. The van der Waals surface area contributed by atoms with Crippen molar-refractivity contribution in [3.8, 4) is 5.75 Å². The van der Waals surface area contributed by atoms with Crippen LogP contribution < -0.4 is 15.4 Å². The summed E-state index contributed by atoms with van der Waals surface area (Å²) < 4.78 is 5.49. The highest BCUT2D eigenvalue weighted by molar-refractivity contribution is 7.15. The number of rotatable bonds is 2. The molecule has 0 radical (unpaired) electrons. The number of anilines is 2. The van der Waals surface area contributed by atoms with Crippen LogP contribution in [0.5, 0.6) is 5.75 Å². The first-order valence-electron chi connectivity index (χ1n) is 6.28. The van der Waals surface area contributed by atoms with E-state index in [4.69, 9.17) is 10.5 Å². The number of amides is 1. The molecule has 0 saturated carbocycles. The number of fused-ring (bicyclic) bond motifs is 1. The molecule has 0 bridgehead atoms. The summed E-state index contributed by atoms with van der Waals surface area (Å²) in [5, 5.41) is 0.594. The van der Waals surface area contributed by atoms with Gasteiger partial charge in [-0.15, -0.1) is 11.3 Å². The number of nitrogens with zero attached hydrogens (tertiary/aromatic N) is 2. The zero-order valence-electron chi connectivity index (χ0n) is 11.3. The Morgan fingerprint density at radius 1 is 1.50 bits per heavy atom. The van der Waals surface area contributed by atoms with Gasteiger partial charge < -0.3 is 15.4 Å². The van der Waals surface area contributed by atoms with Gasteiger partial charge in [-0.1, -0.05) is 6.07 Å². The third kappa shape index (κ3) is 2.22. The molecule has 0 unspecified atom stereocenters. The smallest absolute Gasteiger partial charge is 0.264 e. The predicted molar refractivity (Wildman–Crippen MR) is 79.4 cm³/mol. The summed E-state index contributed by atoms with van der Waals surface area (Å²) in [4.78, 5) is 18.6. The first kappa shape index (κ1) is 12.9. The van der Waals surface area contributed by atoms with Crippen LogP contribution in [-0.2, 0) is 11.2 Å². The molecule has 2 heterocycles. The summed E-state index contributed by atoms with van der Waals surface area (Å²) in [5.41, 5.74) is 8.62. The number of carbonyl (C=O) groups is 1. The van der Waals surface area contributed by atoms with E-state index in [1.807, 2.05) is 25.1 Å². The molecule has 20 heavy (non-hydrogen) atoms. The van der Waals surface area contributed by atoms with E-state index in [1.165, 1.54) is 11.3 Å². The molecule has 0 spiro atoms. The molecule has 2 N–H and O–H groups in total. The van der Waals surface area contributed by atoms with Crippen molar-refractivity contribution >= 4 is 28.1 Å². The van der Waals surface area contributed by atoms with Gasteiger partial charge in [0.2, 0.25) is 0 Å². The van der Waals surface area contributed by atoms with Crippen LogP contribution in [0.4, 0.5) is 10.8 Å². The third-order valence-corrected chi connectivity index (χ3v) is 4.37. The number of carbonyl (C=O) groups excluding carboxylic acids is 1. The van der Waals surface area contributed by atoms with Crippen LogP contribution >= 0.6 is 11.3 Å². The molecule has 1 aromatic heterocycles. The number of aromatic nitrogens is 1. The SMILES string of the molecule is Cc1nc(N)sc1Cc1ccc2c(c1)OCC(=O)N2C. The van der Waals surface area contributed by atoms with Crippen molar-refractivity contribution in [1.82, 2.24) is 4.98 Å². The van der Waals surface area contributed by atoms with E-state index < -0.39 is 0 Å². The summed E-state index contributed by atoms with van der Waals surface area (Å²) in [6.45, 7) is 2.06. The lowest BCUT2D eigenvalue weighted by Gasteiger charge is -2.26. The fourth-order valence-electron chi connectivity index (χ4n) is 2.23. The van der Waals surface area contributed by atoms with E-state index in [0.29, 0.717) is 5.13 Å². The maximum Gasteiger partial charge on any atom is 0.264 e. The number of benzene rings is 1. The van der Waals surface area contributed by atoms with Gasteiger partial charge in [-0.2, -0.15) is 0 Å². The summed E-state index contributed by atoms with van der Waals surface area (Å²) in [6.07, 6.45) is 0.773. The minimum Gasteiger partial charge on any atom is -0.482 e. The Kier molecular flexibility index (Phi) is 3.10. The lowest BCUT2D eigenvalue weighted by molar-refractivity contribution is -0.120. The van der Waals surface area contributed by atoms with Crippen LogP contribution in [0, 0.1) is 6.92 Å². The Balaban J connectivity index is 1.89. The van der Waals surface area contributed by atoms with E-state index >= 15 is 0 Å². The van der Waals surface area contributed by atoms with E-state index in [0.717, 1.165) is 34.0 Å². The highest BCUT2D eigenvalue weighted by atomic mass is 32.1. The van der Waals surface area contributed by atoms with Gasteiger partial charge in [0.25, 0.3) is 5.91 Å². The maximum absolute atomic E-state index is 11.6. The van der Waals surface area contributed by atoms with Crippen molar-refractivity contribution in [2.45, 2.75) is 13.3 Å². The standard InChI is InChI=1S/C14H15N3O2S/c1-8-12(20-14(15)16-8)6-9-3-4-10-11(5-9)19-7-13(18)17(10)2/h3-5H,6-7H2,1-2H3,(H2,15,16). The summed E-state index contributed by atoms with van der Waals surface area (Å²) >= 11 is 1.51. The number of thiazole rings is 1. The molecule has 1 aliphatic heterocycles. The molecule has 0 saturated heterocycles. The van der Waals surface area contributed by atoms with Crippen molar-refractivity contribution in [2.24, 2.45) is 0 Å². The molecule has 104 valence electrons. The fraction of sp³-hybridized carbons (Fsp3) is 0.286. The summed E-state index contributed by atoms with van der Waals surface area (Å²) in [5.74, 6) is 0.719. The Bertz CT molecular complexity index is 681. The van der Waals surface area contributed by atoms with Crippen LogP contribution in [0.3, 0.4) is 0 Å². The van der Waals surface area contributed by atoms with Gasteiger partial charge in [0.15, 0.2) is 11.7 Å². The second kappa shape index (κ2) is 4.79. The summed E-state index contributed by atoms with van der Waals surface area (Å²) in [6, 6.07) is 5.90. The molecular weight excluding hydrogens is 274 g/mol. The molecule has 0 aliphatic carbocycles. The number of nitrogen functional groups attached to an aromatic ring is 1. The lowest BCUT2D eigenvalue weighted by Crippen LogP contribution is -2.35. The second-order valence-corrected chi connectivity index (χ2v) is 5.90. The van der Waals surface area contributed by atoms with Crippen molar-refractivity contribution < 1.29 is 9.53 Å². The molecule has 1 amide bonds. The molecule has 0 fully saturated rings. The fourth-order valence-corrected chi connectivity index (χ4v) is 3.10. The van der Waals surface area contributed by atoms with Crippen LogP contribution in [-0.4, -0.2) is 24.5 Å². The van der Waals surface area contributed by atoms with Crippen molar-refractivity contribution in [3.05, 3.63) is 34.3 Å². The van der Waals surface area contributed by atoms with Gasteiger partial charge in [0.1, 0.15) is 5.75 Å². The zero-order valence-corrected chi connectivity index (χ0v) is 12.2. The van der Waals surface area contributed by atoms with Gasteiger partial charge in [-0.05, 0) is 24.6 Å². The average molecular weight is 289 g/mol. The maximum atomic E-state index is 11.6. The number of ether oxygens (including phenoxy) is 1. The van der Waals surface area contributed by atoms with Gasteiger partial charge in [-0.3, -0.25) is 4.79 Å². The predicted octanol–water partition coefficient (Wildman–Crippen LogP) is 1.98. The normalized spacial score (nSPS) is 14.1.